The highest BCUT2D eigenvalue weighted by Gasteiger charge is 2.19. The second-order valence-electron chi connectivity index (χ2n) is 6.27. The average Bonchev–Trinajstić information content (AvgIpc) is 2.62. The molecular formula is C21H22Cl4O2. The minimum Gasteiger partial charge on any atom is -0.374 e. The van der Waals surface area contributed by atoms with Gasteiger partial charge in [0.25, 0.3) is 0 Å². The van der Waals surface area contributed by atoms with E-state index >= 15 is 0 Å². The maximum Gasteiger partial charge on any atom is 0.0841 e. The van der Waals surface area contributed by atoms with E-state index in [-0.39, 0.29) is 12.0 Å². The number of allylic oxidation sites excluding steroid dienone is 1. The van der Waals surface area contributed by atoms with Crippen molar-refractivity contribution >= 4 is 46.4 Å². The molecule has 146 valence electrons. The zero-order chi connectivity index (χ0) is 19.8. The molecular weight excluding hydrogens is 426 g/mol. The third-order valence-corrected chi connectivity index (χ3v) is 5.68. The van der Waals surface area contributed by atoms with E-state index in [9.17, 15) is 0 Å². The Morgan fingerprint density at radius 3 is 1.85 bits per heavy atom. The lowest BCUT2D eigenvalue weighted by Gasteiger charge is -2.24. The standard InChI is InChI=1S/C21H22Cl4O2/c1-3-6-14(2)21(27-12-16-19(24)9-5-10-20(16)25)13-26-11-15-17(22)7-4-8-18(15)23/h3-5,7-10,14,21H,1,6,11-13H2,2H3/t14-,21+/m1/s1. The maximum absolute atomic E-state index is 6.23. The lowest BCUT2D eigenvalue weighted by atomic mass is 10.0. The molecule has 0 saturated heterocycles. The lowest BCUT2D eigenvalue weighted by molar-refractivity contribution is -0.0543. The Morgan fingerprint density at radius 1 is 0.889 bits per heavy atom. The molecule has 0 unspecified atom stereocenters. The molecule has 0 bridgehead atoms. The molecule has 0 aliphatic heterocycles. The smallest absolute Gasteiger partial charge is 0.0841 e. The van der Waals surface area contributed by atoms with Crippen molar-refractivity contribution in [2.45, 2.75) is 32.7 Å². The van der Waals surface area contributed by atoms with Gasteiger partial charge in [-0.05, 0) is 36.6 Å². The van der Waals surface area contributed by atoms with Gasteiger partial charge in [0.2, 0.25) is 0 Å². The summed E-state index contributed by atoms with van der Waals surface area (Å²) in [5.74, 6) is 0.213. The highest BCUT2D eigenvalue weighted by Crippen LogP contribution is 2.28. The molecule has 0 fully saturated rings. The van der Waals surface area contributed by atoms with Crippen LogP contribution in [0.4, 0.5) is 0 Å². The van der Waals surface area contributed by atoms with E-state index in [0.29, 0.717) is 39.9 Å². The molecule has 0 spiro atoms. The second-order valence-corrected chi connectivity index (χ2v) is 7.90. The van der Waals surface area contributed by atoms with Gasteiger partial charge in [0.05, 0.1) is 25.9 Å². The van der Waals surface area contributed by atoms with Gasteiger partial charge in [-0.3, -0.25) is 0 Å². The first-order valence-corrected chi connectivity index (χ1v) is 10.1. The van der Waals surface area contributed by atoms with Crippen LogP contribution in [0.2, 0.25) is 20.1 Å². The molecule has 6 heteroatoms. The first-order valence-electron chi connectivity index (χ1n) is 8.60. The summed E-state index contributed by atoms with van der Waals surface area (Å²) < 4.78 is 12.0. The summed E-state index contributed by atoms with van der Waals surface area (Å²) >= 11 is 24.9. The molecule has 2 rings (SSSR count). The van der Waals surface area contributed by atoms with Gasteiger partial charge in [-0.15, -0.1) is 6.58 Å². The van der Waals surface area contributed by atoms with E-state index in [1.165, 1.54) is 0 Å². The summed E-state index contributed by atoms with van der Waals surface area (Å²) in [7, 11) is 0. The van der Waals surface area contributed by atoms with Gasteiger partial charge in [-0.25, -0.2) is 0 Å². The zero-order valence-corrected chi connectivity index (χ0v) is 18.1. The second kappa shape index (κ2) is 11.3. The van der Waals surface area contributed by atoms with Crippen molar-refractivity contribution in [2.75, 3.05) is 6.61 Å². The molecule has 0 N–H and O–H groups in total. The highest BCUT2D eigenvalue weighted by atomic mass is 35.5. The third kappa shape index (κ3) is 6.67. The van der Waals surface area contributed by atoms with Crippen LogP contribution >= 0.6 is 46.4 Å². The first kappa shape index (κ1) is 22.5. The van der Waals surface area contributed by atoms with Crippen LogP contribution < -0.4 is 0 Å². The predicted molar refractivity (Wildman–Crippen MR) is 115 cm³/mol. The van der Waals surface area contributed by atoms with Crippen LogP contribution in [-0.2, 0) is 22.7 Å². The molecule has 0 aromatic heterocycles. The minimum absolute atomic E-state index is 0.156. The predicted octanol–water partition coefficient (Wildman–Crippen LogP) is 7.61. The average molecular weight is 448 g/mol. The monoisotopic (exact) mass is 446 g/mol. The lowest BCUT2D eigenvalue weighted by Crippen LogP contribution is -2.27. The molecule has 2 aromatic rings. The Bertz CT molecular complexity index is 723. The molecule has 2 atom stereocenters. The summed E-state index contributed by atoms with van der Waals surface area (Å²) in [5, 5.41) is 2.34. The Balaban J connectivity index is 2.00. The van der Waals surface area contributed by atoms with Gasteiger partial charge in [-0.2, -0.15) is 0 Å². The Labute approximate surface area is 181 Å². The molecule has 0 aliphatic rings. The van der Waals surface area contributed by atoms with Crippen molar-refractivity contribution < 1.29 is 9.47 Å². The summed E-state index contributed by atoms with van der Waals surface area (Å²) in [5.41, 5.74) is 1.54. The molecule has 0 radical (unpaired) electrons. The van der Waals surface area contributed by atoms with Crippen LogP contribution in [0.5, 0.6) is 0 Å². The molecule has 2 nitrogen and oxygen atoms in total. The SMILES string of the molecule is C=CC[C@@H](C)[C@H](COCc1c(Cl)cccc1Cl)OCc1c(Cl)cccc1Cl. The van der Waals surface area contributed by atoms with Gasteiger partial charge in [0.15, 0.2) is 0 Å². The molecule has 0 amide bonds. The molecule has 0 saturated carbocycles. The van der Waals surface area contributed by atoms with E-state index < -0.39 is 0 Å². The fraction of sp³-hybridized carbons (Fsp3) is 0.333. The van der Waals surface area contributed by atoms with Crippen LogP contribution in [-0.4, -0.2) is 12.7 Å². The molecule has 0 heterocycles. The fourth-order valence-corrected chi connectivity index (χ4v) is 3.61. The van der Waals surface area contributed by atoms with Crippen molar-refractivity contribution in [3.05, 3.63) is 80.3 Å². The summed E-state index contributed by atoms with van der Waals surface area (Å²) in [4.78, 5) is 0. The minimum atomic E-state index is -0.156. The fourth-order valence-electron chi connectivity index (χ4n) is 2.60. The zero-order valence-electron chi connectivity index (χ0n) is 15.1. The maximum atomic E-state index is 6.23. The van der Waals surface area contributed by atoms with Crippen molar-refractivity contribution in [3.8, 4) is 0 Å². The summed E-state index contributed by atoms with van der Waals surface area (Å²) in [6, 6.07) is 10.8. The summed E-state index contributed by atoms with van der Waals surface area (Å²) in [6.07, 6.45) is 2.52. The Kier molecular flexibility index (Phi) is 9.44. The van der Waals surface area contributed by atoms with E-state index in [4.69, 9.17) is 55.9 Å². The van der Waals surface area contributed by atoms with E-state index in [0.717, 1.165) is 17.5 Å². The van der Waals surface area contributed by atoms with Crippen molar-refractivity contribution in [1.29, 1.82) is 0 Å². The number of halogens is 4. The van der Waals surface area contributed by atoms with Gasteiger partial charge in [0, 0.05) is 31.2 Å². The third-order valence-electron chi connectivity index (χ3n) is 4.27. The summed E-state index contributed by atoms with van der Waals surface area (Å²) in [6.45, 7) is 6.90. The first-order chi connectivity index (χ1) is 12.9. The Morgan fingerprint density at radius 2 is 1.37 bits per heavy atom. The Hall–Kier alpha value is -0.740. The highest BCUT2D eigenvalue weighted by molar-refractivity contribution is 6.36. The number of rotatable bonds is 10. The normalized spacial score (nSPS) is 13.4. The van der Waals surface area contributed by atoms with Crippen LogP contribution in [0.25, 0.3) is 0 Å². The van der Waals surface area contributed by atoms with E-state index in [1.807, 2.05) is 12.1 Å². The molecule has 0 aliphatic carbocycles. The largest absolute Gasteiger partial charge is 0.374 e. The van der Waals surface area contributed by atoms with Gasteiger partial charge < -0.3 is 9.47 Å². The van der Waals surface area contributed by atoms with E-state index in [2.05, 4.69) is 13.5 Å². The molecule has 2 aromatic carbocycles. The quantitative estimate of drug-likeness (QED) is 0.348. The van der Waals surface area contributed by atoms with Gasteiger partial charge >= 0.3 is 0 Å². The van der Waals surface area contributed by atoms with Crippen LogP contribution in [0.15, 0.2) is 49.1 Å². The number of benzene rings is 2. The van der Waals surface area contributed by atoms with Gasteiger partial charge in [-0.1, -0.05) is 71.5 Å². The van der Waals surface area contributed by atoms with Crippen molar-refractivity contribution in [3.63, 3.8) is 0 Å². The van der Waals surface area contributed by atoms with Crippen LogP contribution in [0.3, 0.4) is 0 Å². The number of hydrogen-bond donors (Lipinski definition) is 0. The number of ether oxygens (including phenoxy) is 2. The van der Waals surface area contributed by atoms with Gasteiger partial charge in [0.1, 0.15) is 0 Å². The molecule has 27 heavy (non-hydrogen) atoms. The van der Waals surface area contributed by atoms with Crippen molar-refractivity contribution in [2.24, 2.45) is 5.92 Å². The van der Waals surface area contributed by atoms with Crippen molar-refractivity contribution in [1.82, 2.24) is 0 Å². The van der Waals surface area contributed by atoms with Crippen LogP contribution in [0, 0.1) is 5.92 Å². The van der Waals surface area contributed by atoms with E-state index in [1.54, 1.807) is 30.3 Å². The van der Waals surface area contributed by atoms with Crippen LogP contribution in [0.1, 0.15) is 24.5 Å². The topological polar surface area (TPSA) is 18.5 Å². The number of hydrogen-bond acceptors (Lipinski definition) is 2.